The molecule has 3 aromatic carbocycles. The maximum absolute atomic E-state index is 13.8. The van der Waals surface area contributed by atoms with Crippen LogP contribution in [0.2, 0.25) is 0 Å². The van der Waals surface area contributed by atoms with E-state index < -0.39 is 52.5 Å². The lowest BCUT2D eigenvalue weighted by molar-refractivity contribution is -0.141. The lowest BCUT2D eigenvalue weighted by Gasteiger charge is -2.16. The zero-order chi connectivity index (χ0) is 25.4. The van der Waals surface area contributed by atoms with E-state index in [9.17, 15) is 31.5 Å². The van der Waals surface area contributed by atoms with Crippen LogP contribution in [0.4, 0.5) is 22.0 Å². The summed E-state index contributed by atoms with van der Waals surface area (Å²) in [5.41, 5.74) is 1.14. The molecule has 180 valence electrons. The average molecular weight is 490 g/mol. The monoisotopic (exact) mass is 490 g/mol. The number of carbonyl (C=O) groups excluding carboxylic acids is 1. The van der Waals surface area contributed by atoms with E-state index in [2.05, 4.69) is 4.74 Å². The van der Waals surface area contributed by atoms with Gasteiger partial charge in [0.1, 0.15) is 11.3 Å². The largest absolute Gasteiger partial charge is 0.473 e. The van der Waals surface area contributed by atoms with Gasteiger partial charge in [0, 0.05) is 11.5 Å². The number of halogens is 5. The summed E-state index contributed by atoms with van der Waals surface area (Å²) in [5, 5.41) is 0.564. The molecule has 0 fully saturated rings. The molecule has 0 saturated carbocycles. The lowest BCUT2D eigenvalue weighted by Crippen LogP contribution is -2.29. The van der Waals surface area contributed by atoms with Crippen LogP contribution in [-0.2, 0) is 4.79 Å². The topological polar surface area (TPSA) is 65.7 Å². The molecule has 4 aromatic rings. The maximum atomic E-state index is 13.8. The number of aryl methyl sites for hydroxylation is 1. The van der Waals surface area contributed by atoms with Crippen LogP contribution >= 0.6 is 0 Å². The van der Waals surface area contributed by atoms with E-state index >= 15 is 0 Å². The molecule has 1 unspecified atom stereocenters. The van der Waals surface area contributed by atoms with Crippen molar-refractivity contribution in [1.82, 2.24) is 0 Å². The normalized spacial score (nSPS) is 12.0. The van der Waals surface area contributed by atoms with Gasteiger partial charge in [-0.1, -0.05) is 30.3 Å². The summed E-state index contributed by atoms with van der Waals surface area (Å²) in [6.45, 7) is 2.73. The van der Waals surface area contributed by atoms with E-state index in [0.717, 1.165) is 6.92 Å². The first-order valence-electron chi connectivity index (χ1n) is 10.1. The van der Waals surface area contributed by atoms with E-state index in [-0.39, 0.29) is 11.3 Å². The Kier molecular flexibility index (Phi) is 6.29. The van der Waals surface area contributed by atoms with Crippen LogP contribution < -0.4 is 15.1 Å². The molecule has 5 nitrogen and oxygen atoms in total. The van der Waals surface area contributed by atoms with Gasteiger partial charge in [-0.15, -0.1) is 0 Å². The highest BCUT2D eigenvalue weighted by Gasteiger charge is 2.30. The molecule has 0 aliphatic rings. The van der Waals surface area contributed by atoms with Crippen molar-refractivity contribution in [1.29, 1.82) is 0 Å². The van der Waals surface area contributed by atoms with Gasteiger partial charge in [0.15, 0.2) is 11.9 Å². The average Bonchev–Trinajstić information content (AvgIpc) is 2.84. The Bertz CT molecular complexity index is 1490. The van der Waals surface area contributed by atoms with Crippen molar-refractivity contribution in [3.05, 3.63) is 93.6 Å². The fourth-order valence-electron chi connectivity index (χ4n) is 3.45. The summed E-state index contributed by atoms with van der Waals surface area (Å²) in [4.78, 5) is 24.9. The van der Waals surface area contributed by atoms with Crippen LogP contribution in [0.3, 0.4) is 0 Å². The minimum atomic E-state index is -2.36. The third kappa shape index (κ3) is 4.34. The number of fused-ring (bicyclic) bond motifs is 1. The summed E-state index contributed by atoms with van der Waals surface area (Å²) in [7, 11) is 0. The molecule has 4 rings (SSSR count). The Hall–Kier alpha value is -4.21. The molecule has 0 aliphatic heterocycles. The molecular formula is C25H15F5O5. The van der Waals surface area contributed by atoms with Crippen LogP contribution in [0.5, 0.6) is 11.5 Å². The van der Waals surface area contributed by atoms with Gasteiger partial charge in [0.05, 0.1) is 5.56 Å². The first-order chi connectivity index (χ1) is 16.6. The van der Waals surface area contributed by atoms with Crippen molar-refractivity contribution in [2.45, 2.75) is 20.0 Å². The van der Waals surface area contributed by atoms with Crippen molar-refractivity contribution in [2.75, 3.05) is 0 Å². The molecule has 1 aromatic heterocycles. The van der Waals surface area contributed by atoms with E-state index in [0.29, 0.717) is 22.1 Å². The first-order valence-corrected chi connectivity index (χ1v) is 10.1. The fraction of sp³-hybridized carbons (Fsp3) is 0.120. The lowest BCUT2D eigenvalue weighted by atomic mass is 10.00. The third-order valence-corrected chi connectivity index (χ3v) is 5.22. The van der Waals surface area contributed by atoms with Gasteiger partial charge in [0.2, 0.25) is 29.1 Å². The highest BCUT2D eigenvalue weighted by Crippen LogP contribution is 2.31. The van der Waals surface area contributed by atoms with Crippen molar-refractivity contribution in [3.8, 4) is 22.6 Å². The first kappa shape index (κ1) is 23.9. The summed E-state index contributed by atoms with van der Waals surface area (Å²) in [6, 6.07) is 13.0. The smallest absolute Gasteiger partial charge is 0.352 e. The van der Waals surface area contributed by atoms with Gasteiger partial charge >= 0.3 is 11.6 Å². The second kappa shape index (κ2) is 9.21. The van der Waals surface area contributed by atoms with E-state index in [1.165, 1.54) is 18.2 Å². The third-order valence-electron chi connectivity index (χ3n) is 5.22. The van der Waals surface area contributed by atoms with Crippen molar-refractivity contribution in [2.24, 2.45) is 0 Å². The second-order valence-electron chi connectivity index (χ2n) is 7.49. The zero-order valence-corrected chi connectivity index (χ0v) is 18.1. The molecule has 0 amide bonds. The van der Waals surface area contributed by atoms with Crippen LogP contribution in [0.15, 0.2) is 57.7 Å². The minimum absolute atomic E-state index is 0.103. The Morgan fingerprint density at radius 2 is 1.49 bits per heavy atom. The molecule has 0 spiro atoms. The predicted octanol–water partition coefficient (Wildman–Crippen LogP) is 5.84. The van der Waals surface area contributed by atoms with Crippen molar-refractivity contribution >= 4 is 16.9 Å². The number of hydrogen-bond acceptors (Lipinski definition) is 5. The predicted molar refractivity (Wildman–Crippen MR) is 115 cm³/mol. The quantitative estimate of drug-likeness (QED) is 0.0879. The highest BCUT2D eigenvalue weighted by atomic mass is 19.2. The Balaban J connectivity index is 1.60. The van der Waals surface area contributed by atoms with E-state index in [1.807, 2.05) is 0 Å². The molecule has 0 radical (unpaired) electrons. The summed E-state index contributed by atoms with van der Waals surface area (Å²) in [5.74, 6) is -14.1. The molecule has 10 heteroatoms. The number of carbonyl (C=O) groups is 1. The molecule has 1 heterocycles. The standard InChI is InChI=1S/C25H15F5O5/c1-11-15-9-8-14(10-16(15)35-25(32)17(11)13-6-4-3-5-7-13)34-24(31)12(2)33-23-21(29)19(27)18(26)20(28)22(23)30/h3-10,12H,1-2H3. The number of ether oxygens (including phenoxy) is 2. The highest BCUT2D eigenvalue weighted by molar-refractivity contribution is 5.88. The van der Waals surface area contributed by atoms with Crippen LogP contribution in [0, 0.1) is 36.0 Å². The van der Waals surface area contributed by atoms with Crippen LogP contribution in [0.25, 0.3) is 22.1 Å². The zero-order valence-electron chi connectivity index (χ0n) is 18.1. The van der Waals surface area contributed by atoms with Gasteiger partial charge in [-0.25, -0.2) is 22.8 Å². The van der Waals surface area contributed by atoms with Crippen LogP contribution in [-0.4, -0.2) is 12.1 Å². The number of esters is 1. The SMILES string of the molecule is Cc1c(-c2ccccc2)c(=O)oc2cc(OC(=O)C(C)Oc3c(F)c(F)c(F)c(F)c3F)ccc12. The Labute approximate surface area is 194 Å². The molecule has 0 N–H and O–H groups in total. The van der Waals surface area contributed by atoms with Gasteiger partial charge < -0.3 is 13.9 Å². The molecule has 1 atom stereocenters. The second-order valence-corrected chi connectivity index (χ2v) is 7.49. The van der Waals surface area contributed by atoms with E-state index in [4.69, 9.17) is 9.15 Å². The summed E-state index contributed by atoms with van der Waals surface area (Å²) >= 11 is 0. The molecule has 0 bridgehead atoms. The summed E-state index contributed by atoms with van der Waals surface area (Å²) in [6.07, 6.45) is -1.76. The molecule has 0 saturated heterocycles. The molecule has 0 aliphatic carbocycles. The van der Waals surface area contributed by atoms with Crippen molar-refractivity contribution < 1.29 is 40.6 Å². The van der Waals surface area contributed by atoms with Gasteiger partial charge in [-0.3, -0.25) is 0 Å². The van der Waals surface area contributed by atoms with Gasteiger partial charge in [0.25, 0.3) is 0 Å². The Morgan fingerprint density at radius 1 is 0.886 bits per heavy atom. The number of rotatable bonds is 5. The summed E-state index contributed by atoms with van der Waals surface area (Å²) < 4.78 is 82.7. The van der Waals surface area contributed by atoms with E-state index in [1.54, 1.807) is 37.3 Å². The van der Waals surface area contributed by atoms with Crippen LogP contribution in [0.1, 0.15) is 12.5 Å². The van der Waals surface area contributed by atoms with Crippen molar-refractivity contribution in [3.63, 3.8) is 0 Å². The maximum Gasteiger partial charge on any atom is 0.352 e. The number of benzene rings is 3. The molecule has 35 heavy (non-hydrogen) atoms. The Morgan fingerprint density at radius 3 is 2.11 bits per heavy atom. The number of hydrogen-bond donors (Lipinski definition) is 0. The van der Waals surface area contributed by atoms with Gasteiger partial charge in [-0.2, -0.15) is 8.78 Å². The van der Waals surface area contributed by atoms with Gasteiger partial charge in [-0.05, 0) is 37.1 Å². The fourth-order valence-corrected chi connectivity index (χ4v) is 3.45. The molecular weight excluding hydrogens is 475 g/mol. The minimum Gasteiger partial charge on any atom is -0.473 e.